The SMILES string of the molecule is O=C1COc2ccc(CNC(=O)c3cc(C(=O)NCC4CCCCCC4)n4ncc(F)c4n3)cc2N1. The maximum Gasteiger partial charge on any atom is 0.270 e. The maximum absolute atomic E-state index is 14.3. The average Bonchev–Trinajstić information content (AvgIpc) is 3.08. The van der Waals surface area contributed by atoms with Crippen molar-refractivity contribution < 1.29 is 23.5 Å². The average molecular weight is 495 g/mol. The maximum atomic E-state index is 14.3. The number of carbonyl (C=O) groups excluding carboxylic acids is 3. The van der Waals surface area contributed by atoms with Crippen molar-refractivity contribution in [2.45, 2.75) is 45.1 Å². The van der Waals surface area contributed by atoms with Crippen LogP contribution in [-0.2, 0) is 11.3 Å². The smallest absolute Gasteiger partial charge is 0.270 e. The number of anilines is 1. The summed E-state index contributed by atoms with van der Waals surface area (Å²) in [4.78, 5) is 41.6. The minimum absolute atomic E-state index is 0.0383. The van der Waals surface area contributed by atoms with E-state index in [1.807, 2.05) is 0 Å². The van der Waals surface area contributed by atoms with E-state index in [0.717, 1.165) is 36.4 Å². The Morgan fingerprint density at radius 3 is 2.72 bits per heavy atom. The molecule has 1 aliphatic heterocycles. The first-order chi connectivity index (χ1) is 17.5. The van der Waals surface area contributed by atoms with Gasteiger partial charge in [-0.25, -0.2) is 13.9 Å². The van der Waals surface area contributed by atoms with Crippen LogP contribution in [0.2, 0.25) is 0 Å². The van der Waals surface area contributed by atoms with E-state index in [4.69, 9.17) is 4.74 Å². The number of benzene rings is 1. The topological polar surface area (TPSA) is 127 Å². The second kappa shape index (κ2) is 10.3. The van der Waals surface area contributed by atoms with Gasteiger partial charge in [0.1, 0.15) is 17.1 Å². The molecule has 188 valence electrons. The first kappa shape index (κ1) is 23.7. The van der Waals surface area contributed by atoms with E-state index < -0.39 is 17.6 Å². The van der Waals surface area contributed by atoms with Crippen LogP contribution in [0.5, 0.6) is 5.75 Å². The number of rotatable bonds is 6. The van der Waals surface area contributed by atoms with Gasteiger partial charge in [-0.1, -0.05) is 31.7 Å². The second-order valence-electron chi connectivity index (χ2n) is 9.17. The Labute approximate surface area is 206 Å². The zero-order valence-electron chi connectivity index (χ0n) is 19.7. The number of amides is 3. The molecule has 0 unspecified atom stereocenters. The molecular weight excluding hydrogens is 467 g/mol. The standard InChI is InChI=1S/C25H27FN6O4/c26-17-13-29-32-20(25(35)28-11-15-5-3-1-2-4-6-15)10-19(31-23(17)32)24(34)27-12-16-7-8-21-18(9-16)30-22(33)14-36-21/h7-10,13,15H,1-6,11-12,14H2,(H,27,34)(H,28,35)(H,30,33). The van der Waals surface area contributed by atoms with E-state index in [-0.39, 0.29) is 36.1 Å². The highest BCUT2D eigenvalue weighted by atomic mass is 19.1. The molecule has 2 aromatic heterocycles. The summed E-state index contributed by atoms with van der Waals surface area (Å²) < 4.78 is 20.8. The minimum Gasteiger partial charge on any atom is -0.482 e. The number of aromatic nitrogens is 3. The third-order valence-corrected chi connectivity index (χ3v) is 6.55. The summed E-state index contributed by atoms with van der Waals surface area (Å²) in [5.74, 6) is -1.05. The normalized spacial score (nSPS) is 16.0. The number of ether oxygens (including phenoxy) is 1. The number of carbonyl (C=O) groups is 3. The Bertz CT molecular complexity index is 1320. The third-order valence-electron chi connectivity index (χ3n) is 6.55. The van der Waals surface area contributed by atoms with Crippen LogP contribution in [0, 0.1) is 11.7 Å². The van der Waals surface area contributed by atoms with Crippen LogP contribution in [0.1, 0.15) is 65.1 Å². The summed E-state index contributed by atoms with van der Waals surface area (Å²) in [5.41, 5.74) is 0.973. The van der Waals surface area contributed by atoms with Crippen molar-refractivity contribution in [3.05, 3.63) is 53.2 Å². The number of fused-ring (bicyclic) bond motifs is 2. The highest BCUT2D eigenvalue weighted by molar-refractivity contribution is 5.98. The fraction of sp³-hybridized carbons (Fsp3) is 0.400. The molecule has 1 aliphatic carbocycles. The zero-order chi connectivity index (χ0) is 25.1. The van der Waals surface area contributed by atoms with Gasteiger partial charge in [0.25, 0.3) is 17.7 Å². The molecule has 36 heavy (non-hydrogen) atoms. The molecule has 10 nitrogen and oxygen atoms in total. The second-order valence-corrected chi connectivity index (χ2v) is 9.17. The van der Waals surface area contributed by atoms with Gasteiger partial charge in [0.05, 0.1) is 11.9 Å². The Hall–Kier alpha value is -4.02. The van der Waals surface area contributed by atoms with Crippen molar-refractivity contribution in [3.63, 3.8) is 0 Å². The van der Waals surface area contributed by atoms with Crippen LogP contribution in [0.25, 0.3) is 5.65 Å². The van der Waals surface area contributed by atoms with Crippen LogP contribution < -0.4 is 20.7 Å². The van der Waals surface area contributed by atoms with Gasteiger partial charge >= 0.3 is 0 Å². The van der Waals surface area contributed by atoms with Gasteiger partial charge in [-0.2, -0.15) is 5.10 Å². The molecule has 5 rings (SSSR count). The van der Waals surface area contributed by atoms with Crippen molar-refractivity contribution >= 4 is 29.1 Å². The summed E-state index contributed by atoms with van der Waals surface area (Å²) in [7, 11) is 0. The first-order valence-corrected chi connectivity index (χ1v) is 12.1. The molecule has 0 spiro atoms. The monoisotopic (exact) mass is 494 g/mol. The molecule has 11 heteroatoms. The highest BCUT2D eigenvalue weighted by Crippen LogP contribution is 2.28. The predicted molar refractivity (Wildman–Crippen MR) is 128 cm³/mol. The van der Waals surface area contributed by atoms with E-state index >= 15 is 0 Å². The molecule has 3 aromatic rings. The molecule has 1 aromatic carbocycles. The van der Waals surface area contributed by atoms with Crippen molar-refractivity contribution in [2.75, 3.05) is 18.5 Å². The van der Waals surface area contributed by atoms with E-state index in [1.54, 1.807) is 18.2 Å². The largest absolute Gasteiger partial charge is 0.482 e. The van der Waals surface area contributed by atoms with Crippen molar-refractivity contribution in [1.82, 2.24) is 25.2 Å². The molecule has 0 atom stereocenters. The number of hydrogen-bond acceptors (Lipinski definition) is 6. The van der Waals surface area contributed by atoms with Crippen molar-refractivity contribution in [3.8, 4) is 5.75 Å². The van der Waals surface area contributed by atoms with E-state index in [1.165, 1.54) is 18.9 Å². The van der Waals surface area contributed by atoms with Crippen LogP contribution in [0.15, 0.2) is 30.5 Å². The van der Waals surface area contributed by atoms with E-state index in [0.29, 0.717) is 29.5 Å². The lowest BCUT2D eigenvalue weighted by molar-refractivity contribution is -0.118. The fourth-order valence-electron chi connectivity index (χ4n) is 4.62. The van der Waals surface area contributed by atoms with Crippen LogP contribution in [0.4, 0.5) is 10.1 Å². The molecular formula is C25H27FN6O4. The number of hydrogen-bond donors (Lipinski definition) is 3. The molecule has 0 radical (unpaired) electrons. The Balaban J connectivity index is 1.31. The Morgan fingerprint density at radius 2 is 1.92 bits per heavy atom. The number of nitrogens with one attached hydrogen (secondary N) is 3. The lowest BCUT2D eigenvalue weighted by atomic mass is 10.0. The summed E-state index contributed by atoms with van der Waals surface area (Å²) in [6.07, 6.45) is 7.83. The predicted octanol–water partition coefficient (Wildman–Crippen LogP) is 2.83. The fourth-order valence-corrected chi connectivity index (χ4v) is 4.62. The van der Waals surface area contributed by atoms with Crippen LogP contribution in [-0.4, -0.2) is 45.5 Å². The molecule has 1 saturated carbocycles. The van der Waals surface area contributed by atoms with Gasteiger partial charge in [0.15, 0.2) is 18.1 Å². The number of halogens is 1. The molecule has 0 saturated heterocycles. The first-order valence-electron chi connectivity index (χ1n) is 12.1. The van der Waals surface area contributed by atoms with Gasteiger partial charge in [-0.15, -0.1) is 0 Å². The Kier molecular flexibility index (Phi) is 6.79. The Morgan fingerprint density at radius 1 is 1.11 bits per heavy atom. The summed E-state index contributed by atoms with van der Waals surface area (Å²) in [5, 5.41) is 12.3. The lowest BCUT2D eigenvalue weighted by Gasteiger charge is -2.18. The summed E-state index contributed by atoms with van der Waals surface area (Å²) in [6, 6.07) is 6.49. The molecule has 3 amide bonds. The van der Waals surface area contributed by atoms with Crippen LogP contribution >= 0.6 is 0 Å². The highest BCUT2D eigenvalue weighted by Gasteiger charge is 2.22. The summed E-state index contributed by atoms with van der Waals surface area (Å²) >= 11 is 0. The van der Waals surface area contributed by atoms with Gasteiger partial charge in [0.2, 0.25) is 0 Å². The van der Waals surface area contributed by atoms with Gasteiger partial charge < -0.3 is 20.7 Å². The zero-order valence-corrected chi connectivity index (χ0v) is 19.7. The van der Waals surface area contributed by atoms with Gasteiger partial charge in [-0.05, 0) is 36.5 Å². The lowest BCUT2D eigenvalue weighted by Crippen LogP contribution is -2.32. The van der Waals surface area contributed by atoms with Gasteiger partial charge in [0, 0.05) is 19.2 Å². The quantitative estimate of drug-likeness (QED) is 0.453. The van der Waals surface area contributed by atoms with Gasteiger partial charge in [-0.3, -0.25) is 14.4 Å². The van der Waals surface area contributed by atoms with Crippen LogP contribution in [0.3, 0.4) is 0 Å². The van der Waals surface area contributed by atoms with Crippen molar-refractivity contribution in [2.24, 2.45) is 5.92 Å². The number of nitrogens with zero attached hydrogens (tertiary/aromatic N) is 3. The summed E-state index contributed by atoms with van der Waals surface area (Å²) in [6.45, 7) is 0.602. The van der Waals surface area contributed by atoms with E-state index in [9.17, 15) is 18.8 Å². The molecule has 1 fully saturated rings. The molecule has 3 N–H and O–H groups in total. The minimum atomic E-state index is -0.729. The molecule has 3 heterocycles. The van der Waals surface area contributed by atoms with E-state index in [2.05, 4.69) is 26.0 Å². The molecule has 0 bridgehead atoms. The van der Waals surface area contributed by atoms with Crippen molar-refractivity contribution in [1.29, 1.82) is 0 Å². The molecule has 2 aliphatic rings. The third kappa shape index (κ3) is 5.14.